The van der Waals surface area contributed by atoms with Crippen LogP contribution in [0.1, 0.15) is 437 Å². The van der Waals surface area contributed by atoms with Crippen LogP contribution in [0.5, 0.6) is 0 Å². The summed E-state index contributed by atoms with van der Waals surface area (Å²) in [6, 6.07) is 53.3. The molecule has 0 saturated heterocycles. The Morgan fingerprint density at radius 1 is 0.286 bits per heavy atom. The quantitative estimate of drug-likeness (QED) is 0.0221. The minimum atomic E-state index is -2.07. The van der Waals surface area contributed by atoms with Crippen LogP contribution in [-0.2, 0) is 64.6 Å². The first-order chi connectivity index (χ1) is 71.1. The molecule has 11 nitrogen and oxygen atoms in total. The Morgan fingerprint density at radius 3 is 0.748 bits per heavy atom. The molecule has 16 bridgehead atoms. The number of aryl methyl sites for hydroxylation is 4. The molecule has 1 N–H and O–H groups in total. The number of carboxylic acid groups (broad SMARTS) is 1. The SMILES string of the molecule is CCCCCCCCCCc1c2nc(c(C#C[Si](C(C)C)(C(C)C)C(C)C)c3ccc([n-]3)c(CCCCCCCCCC)c3nc(c(C#C[Si](C(C)C)(C(C)C)C(C)C)c4ccc1[n-]4)C=C3)C=C2.CCCCCCCCCCc1c2nc(c(C#Cc3ccc(N(c4ccccc4)c4ccccc4)cc3)c3ccc([n-]3)c(CCCCCCCCCC)c3nc(c(C#Cc4ccc(C(=O)O)cc4)c4ccc1[n-]4)C=C3)C=C2.[2H]C.[Zn+2].[Zn+2]. The number of unbranched alkanes of at least 4 members (excludes halogenated alkanes) is 28. The van der Waals surface area contributed by atoms with E-state index >= 15 is 0 Å². The molecule has 0 unspecified atom stereocenters. The second kappa shape index (κ2) is 60.2. The summed E-state index contributed by atoms with van der Waals surface area (Å²) in [7, 11) is -2.89. The number of carboxylic acids is 1. The van der Waals surface area contributed by atoms with Gasteiger partial charge in [-0.05, 0) is 228 Å². The number of para-hydroxylation sites is 2. The normalized spacial score (nSPS) is 12.0. The molecule has 762 valence electrons. The van der Waals surface area contributed by atoms with Gasteiger partial charge in [0.1, 0.15) is 16.1 Å². The fraction of sp³-hybridized carbons (Fsp3) is 0.447. The van der Waals surface area contributed by atoms with Crippen molar-refractivity contribution in [2.24, 2.45) is 0 Å². The molecule has 0 spiro atoms. The van der Waals surface area contributed by atoms with E-state index in [0.29, 0.717) is 44.4 Å². The Bertz CT molecular complexity index is 6430. The molecule has 10 aromatic rings. The first-order valence-electron chi connectivity index (χ1n) is 56.6. The predicted octanol–water partition coefficient (Wildman–Crippen LogP) is 36.3. The zero-order chi connectivity index (χ0) is 104. The van der Waals surface area contributed by atoms with Gasteiger partial charge in [-0.2, -0.15) is 0 Å². The molecule has 0 atom stereocenters. The van der Waals surface area contributed by atoms with Crippen LogP contribution in [0, 0.1) is 46.6 Å². The second-order valence-corrected chi connectivity index (χ2v) is 53.4. The molecular formula is C132H165N9O2Si2Zn2. The van der Waals surface area contributed by atoms with E-state index in [-0.39, 0.29) is 44.5 Å². The molecular weight excluding hydrogens is 1930 g/mol. The van der Waals surface area contributed by atoms with E-state index in [4.69, 9.17) is 41.2 Å². The van der Waals surface area contributed by atoms with Crippen LogP contribution in [0.25, 0.3) is 92.7 Å². The van der Waals surface area contributed by atoms with Crippen LogP contribution in [0.3, 0.4) is 0 Å². The minimum absolute atomic E-state index is 0. The first kappa shape index (κ1) is 117. The molecule has 0 amide bonds. The molecule has 0 aliphatic carbocycles. The molecule has 4 aliphatic rings. The minimum Gasteiger partial charge on any atom is -0.656 e. The van der Waals surface area contributed by atoms with E-state index in [1.54, 1.807) is 24.3 Å². The number of hydrogen-bond donors (Lipinski definition) is 1. The molecule has 0 fully saturated rings. The predicted molar refractivity (Wildman–Crippen MR) is 628 cm³/mol. The average molecular weight is 2100 g/mol. The molecule has 0 radical (unpaired) electrons. The number of fused-ring (bicyclic) bond motifs is 16. The molecule has 0 saturated carbocycles. The number of nitrogens with zero attached hydrogens (tertiary/aromatic N) is 9. The second-order valence-electron chi connectivity index (χ2n) is 42.3. The van der Waals surface area contributed by atoms with Crippen molar-refractivity contribution in [2.75, 3.05) is 4.90 Å². The maximum atomic E-state index is 11.7. The monoisotopic (exact) mass is 2090 g/mol. The summed E-state index contributed by atoms with van der Waals surface area (Å²) in [6.45, 7) is 37.9. The molecule has 4 aliphatic heterocycles. The molecule has 10 heterocycles. The third-order valence-electron chi connectivity index (χ3n) is 30.3. The van der Waals surface area contributed by atoms with Crippen molar-refractivity contribution in [2.45, 2.75) is 383 Å². The van der Waals surface area contributed by atoms with E-state index in [9.17, 15) is 9.90 Å². The van der Waals surface area contributed by atoms with Gasteiger partial charge >= 0.3 is 44.9 Å². The average Bonchev–Trinajstić information content (AvgIpc) is 1.65. The van der Waals surface area contributed by atoms with Crippen LogP contribution in [-0.4, -0.2) is 47.2 Å². The fourth-order valence-electron chi connectivity index (χ4n) is 22.2. The molecule has 147 heavy (non-hydrogen) atoms. The molecule has 15 heteroatoms. The number of anilines is 3. The number of carbonyl (C=O) groups is 1. The van der Waals surface area contributed by atoms with Crippen LogP contribution < -0.4 is 24.8 Å². The van der Waals surface area contributed by atoms with Crippen LogP contribution >= 0.6 is 0 Å². The smallest absolute Gasteiger partial charge is 0.656 e. The van der Waals surface area contributed by atoms with Crippen molar-refractivity contribution in [1.29, 1.82) is 0 Å². The third kappa shape index (κ3) is 31.7. The maximum absolute atomic E-state index is 11.7. The van der Waals surface area contributed by atoms with Gasteiger partial charge in [0.15, 0.2) is 0 Å². The summed E-state index contributed by atoms with van der Waals surface area (Å²) < 4.78 is 5.75. The van der Waals surface area contributed by atoms with Crippen molar-refractivity contribution in [3.05, 3.63) is 264 Å². The summed E-state index contributed by atoms with van der Waals surface area (Å²) >= 11 is 0. The van der Waals surface area contributed by atoms with Gasteiger partial charge in [-0.1, -0.05) is 418 Å². The Hall–Kier alpha value is -10.7. The van der Waals surface area contributed by atoms with Gasteiger partial charge in [-0.25, -0.2) is 24.7 Å². The largest absolute Gasteiger partial charge is 2.00 e. The Morgan fingerprint density at radius 2 is 0.503 bits per heavy atom. The Labute approximate surface area is 913 Å². The zero-order valence-electron chi connectivity index (χ0n) is 93.3. The van der Waals surface area contributed by atoms with E-state index in [1.807, 2.05) is 12.1 Å². The molecule has 6 aromatic heterocycles. The van der Waals surface area contributed by atoms with Gasteiger partial charge in [-0.15, -0.1) is 55.2 Å². The van der Waals surface area contributed by atoms with Crippen LogP contribution in [0.2, 0.25) is 33.2 Å². The van der Waals surface area contributed by atoms with E-state index in [0.717, 1.165) is 204 Å². The van der Waals surface area contributed by atoms with Gasteiger partial charge in [0.05, 0.1) is 51.1 Å². The van der Waals surface area contributed by atoms with Crippen LogP contribution in [0.4, 0.5) is 17.1 Å². The van der Waals surface area contributed by atoms with Gasteiger partial charge in [0.2, 0.25) is 0 Å². The summed E-state index contributed by atoms with van der Waals surface area (Å²) in [5, 5.41) is 9.56. The Balaban J connectivity index is 0.000000296. The van der Waals surface area contributed by atoms with E-state index in [1.165, 1.54) is 185 Å². The van der Waals surface area contributed by atoms with Crippen molar-refractivity contribution < 1.29 is 50.2 Å². The van der Waals surface area contributed by atoms with Gasteiger partial charge in [0, 0.05) is 51.8 Å². The first-order valence-corrected chi connectivity index (χ1v) is 60.0. The standard InChI is InChI=1S/C69H70N5O2.C62H92N4Si2.CH4.2Zn/c1-3-5-7-9-11-13-15-23-29-57-61-43-47-65(70-61)59(41-35-51-31-37-53(38-32-51)69(75)76)66-48-44-62(71-66)58(30-24-16-14-12-10-8-6-4-2)64-46-50-68(73-64)60(67-49-45-63(57)72-67)42-36-52-33-39-56(40-34-52)74(54-25-19-17-20-26-54)55-27-21-18-22-28-55;1-15-17-19-21-23-25-27-29-31-51-55-33-37-59(63-55)53(41-43-67(45(3)4,46(5)6)47(7)8)61-39-35-57(65-61)52(32-30-28-26-24-22-20-18-16-2)58-36-40-62(66-58)54(60-38-34-56(51)64-60)42-44-68(48(9)10,49(11)12)50(13)14;;;/h17-22,25-28,31-34,37-40,43-50H,3-16,23-24,29-30H2,1-2H3,(H2-,70,71,72,73,75,76);33-40,45-50H,15-32H2,1-14H3;1H4;;/q-1;-2;;2*+2/p-1/i;;1D;;. The summed E-state index contributed by atoms with van der Waals surface area (Å²) in [5.41, 5.74) is 38.5. The maximum Gasteiger partial charge on any atom is 2.00 e. The van der Waals surface area contributed by atoms with Crippen molar-refractivity contribution in [3.63, 3.8) is 0 Å². The summed E-state index contributed by atoms with van der Waals surface area (Å²) in [6.07, 6.45) is 60.6. The van der Waals surface area contributed by atoms with Crippen molar-refractivity contribution in [1.82, 2.24) is 39.9 Å². The van der Waals surface area contributed by atoms with E-state index < -0.39 is 22.1 Å². The fourth-order valence-corrected chi connectivity index (χ4v) is 32.6. The number of aromatic carboxylic acids is 1. The van der Waals surface area contributed by atoms with Crippen molar-refractivity contribution >= 4 is 132 Å². The molecule has 4 aromatic carbocycles. The van der Waals surface area contributed by atoms with Crippen molar-refractivity contribution in [3.8, 4) is 46.6 Å². The van der Waals surface area contributed by atoms with E-state index in [2.05, 4.69) is 332 Å². The van der Waals surface area contributed by atoms with Gasteiger partial charge < -0.3 is 29.9 Å². The summed E-state index contributed by atoms with van der Waals surface area (Å²) in [4.78, 5) is 57.6. The number of hydrogen-bond acceptors (Lipinski definition) is 6. The van der Waals surface area contributed by atoms with Crippen LogP contribution in [0.15, 0.2) is 158 Å². The number of benzene rings is 4. The van der Waals surface area contributed by atoms with Gasteiger partial charge in [-0.3, -0.25) is 0 Å². The topological polar surface area (TPSA) is 148 Å². The van der Waals surface area contributed by atoms with Gasteiger partial charge in [0.25, 0.3) is 0 Å². The zero-order valence-corrected chi connectivity index (χ0v) is 100. The summed E-state index contributed by atoms with van der Waals surface area (Å²) in [5.74, 6) is 20.7. The third-order valence-corrected chi connectivity index (χ3v) is 42.8. The Kier molecular flexibility index (Phi) is 47.7. The molecule has 14 rings (SSSR count). The number of rotatable bonds is 46. The number of aromatic nitrogens is 8.